The second-order valence-corrected chi connectivity index (χ2v) is 7.03. The lowest BCUT2D eigenvalue weighted by atomic mass is 10.2. The van der Waals surface area contributed by atoms with Crippen molar-refractivity contribution in [2.24, 2.45) is 0 Å². The molecule has 1 aromatic carbocycles. The van der Waals surface area contributed by atoms with E-state index in [0.717, 1.165) is 12.3 Å². The number of sulfonamides is 1. The van der Waals surface area contributed by atoms with Gasteiger partial charge in [-0.15, -0.1) is 0 Å². The van der Waals surface area contributed by atoms with Gasteiger partial charge in [0, 0.05) is 25.7 Å². The van der Waals surface area contributed by atoms with Gasteiger partial charge in [0.2, 0.25) is 10.0 Å². The summed E-state index contributed by atoms with van der Waals surface area (Å²) < 4.78 is 66.6. The number of hydrogen-bond acceptors (Lipinski definition) is 4. The summed E-state index contributed by atoms with van der Waals surface area (Å²) in [4.78, 5) is 1.96. The van der Waals surface area contributed by atoms with Gasteiger partial charge in [-0.3, -0.25) is 4.90 Å². The van der Waals surface area contributed by atoms with Crippen molar-refractivity contribution in [3.05, 3.63) is 29.6 Å². The molecule has 22 heavy (non-hydrogen) atoms. The Hall–Kier alpha value is -1.32. The molecule has 0 radical (unpaired) electrons. The van der Waals surface area contributed by atoms with E-state index in [2.05, 4.69) is 9.46 Å². The minimum atomic E-state index is -3.25. The highest BCUT2D eigenvalue weighted by atomic mass is 32.2. The van der Waals surface area contributed by atoms with Crippen LogP contribution >= 0.6 is 0 Å². The molecule has 1 unspecified atom stereocenters. The molecular formula is C13H17F3N2O3S. The van der Waals surface area contributed by atoms with Crippen LogP contribution in [0.15, 0.2) is 18.2 Å². The summed E-state index contributed by atoms with van der Waals surface area (Å²) in [6.45, 7) is -1.47. The zero-order valence-corrected chi connectivity index (χ0v) is 12.7. The predicted octanol–water partition coefficient (Wildman–Crippen LogP) is 1.55. The summed E-state index contributed by atoms with van der Waals surface area (Å²) in [7, 11) is -3.25. The van der Waals surface area contributed by atoms with Crippen LogP contribution < -0.4 is 9.46 Å². The summed E-state index contributed by atoms with van der Waals surface area (Å²) in [5.41, 5.74) is 0.610. The summed E-state index contributed by atoms with van der Waals surface area (Å²) >= 11 is 0. The van der Waals surface area contributed by atoms with E-state index in [4.69, 9.17) is 0 Å². The Morgan fingerprint density at radius 2 is 2.18 bits per heavy atom. The number of ether oxygens (including phenoxy) is 1. The first-order chi connectivity index (χ1) is 10.2. The highest BCUT2D eigenvalue weighted by molar-refractivity contribution is 7.88. The third kappa shape index (κ3) is 5.15. The Labute approximate surface area is 127 Å². The zero-order valence-electron chi connectivity index (χ0n) is 11.9. The Morgan fingerprint density at radius 1 is 1.45 bits per heavy atom. The van der Waals surface area contributed by atoms with E-state index in [1.54, 1.807) is 0 Å². The maximum atomic E-state index is 13.6. The molecule has 0 saturated carbocycles. The highest BCUT2D eigenvalue weighted by Gasteiger charge is 2.25. The van der Waals surface area contributed by atoms with Crippen molar-refractivity contribution in [1.29, 1.82) is 0 Å². The van der Waals surface area contributed by atoms with Gasteiger partial charge in [0.15, 0.2) is 11.6 Å². The van der Waals surface area contributed by atoms with Crippen molar-refractivity contribution in [2.75, 3.05) is 19.3 Å². The first-order valence-electron chi connectivity index (χ1n) is 6.66. The van der Waals surface area contributed by atoms with Gasteiger partial charge in [0.1, 0.15) is 0 Å². The molecule has 0 aliphatic carbocycles. The Morgan fingerprint density at radius 3 is 2.77 bits per heavy atom. The summed E-state index contributed by atoms with van der Waals surface area (Å²) in [5.74, 6) is -1.33. The maximum absolute atomic E-state index is 13.6. The molecule has 124 valence electrons. The molecule has 9 heteroatoms. The van der Waals surface area contributed by atoms with Crippen molar-refractivity contribution >= 4 is 10.0 Å². The number of nitrogens with zero attached hydrogens (tertiary/aromatic N) is 1. The third-order valence-electron chi connectivity index (χ3n) is 3.27. The van der Waals surface area contributed by atoms with E-state index in [1.807, 2.05) is 4.90 Å². The molecule has 1 N–H and O–H groups in total. The third-order valence-corrected chi connectivity index (χ3v) is 4.03. The lowest BCUT2D eigenvalue weighted by molar-refractivity contribution is -0.0522. The molecule has 0 amide bonds. The molecule has 1 aliphatic heterocycles. The first kappa shape index (κ1) is 17.0. The van der Waals surface area contributed by atoms with Crippen molar-refractivity contribution in [3.8, 4) is 5.75 Å². The average molecular weight is 338 g/mol. The van der Waals surface area contributed by atoms with Crippen LogP contribution in [0.2, 0.25) is 0 Å². The minimum Gasteiger partial charge on any atom is -0.432 e. The number of alkyl halides is 2. The van der Waals surface area contributed by atoms with Gasteiger partial charge in [-0.05, 0) is 24.1 Å². The van der Waals surface area contributed by atoms with Gasteiger partial charge in [-0.2, -0.15) is 8.78 Å². The van der Waals surface area contributed by atoms with Crippen LogP contribution in [0.25, 0.3) is 0 Å². The van der Waals surface area contributed by atoms with Crippen molar-refractivity contribution in [2.45, 2.75) is 25.6 Å². The number of likely N-dealkylation sites (tertiary alicyclic amines) is 1. The van der Waals surface area contributed by atoms with E-state index < -0.39 is 28.2 Å². The predicted molar refractivity (Wildman–Crippen MR) is 74.7 cm³/mol. The fourth-order valence-corrected chi connectivity index (χ4v) is 3.27. The van der Waals surface area contributed by atoms with Crippen LogP contribution in [-0.2, 0) is 16.6 Å². The molecule has 0 bridgehead atoms. The number of halogens is 3. The van der Waals surface area contributed by atoms with E-state index in [9.17, 15) is 21.6 Å². The normalized spacial score (nSPS) is 19.8. The molecule has 0 spiro atoms. The molecule has 5 nitrogen and oxygen atoms in total. The number of nitrogens with one attached hydrogen (secondary N) is 1. The molecule has 1 aliphatic rings. The minimum absolute atomic E-state index is 0.165. The molecule has 1 fully saturated rings. The topological polar surface area (TPSA) is 58.6 Å². The van der Waals surface area contributed by atoms with Gasteiger partial charge in [-0.1, -0.05) is 6.07 Å². The van der Waals surface area contributed by atoms with Crippen molar-refractivity contribution < 1.29 is 26.3 Å². The lowest BCUT2D eigenvalue weighted by Crippen LogP contribution is -2.36. The smallest absolute Gasteiger partial charge is 0.387 e. The molecular weight excluding hydrogens is 321 g/mol. The van der Waals surface area contributed by atoms with Gasteiger partial charge >= 0.3 is 6.61 Å². The van der Waals surface area contributed by atoms with Crippen LogP contribution in [0.4, 0.5) is 13.2 Å². The van der Waals surface area contributed by atoms with Crippen LogP contribution in [0.3, 0.4) is 0 Å². The molecule has 1 heterocycles. The quantitative estimate of drug-likeness (QED) is 0.855. The summed E-state index contributed by atoms with van der Waals surface area (Å²) in [6.07, 6.45) is 1.77. The largest absolute Gasteiger partial charge is 0.432 e. The lowest BCUT2D eigenvalue weighted by Gasteiger charge is -2.17. The summed E-state index contributed by atoms with van der Waals surface area (Å²) in [6, 6.07) is 3.66. The second kappa shape index (κ2) is 6.84. The molecule has 2 rings (SSSR count). The number of rotatable bonds is 6. The first-order valence-corrected chi connectivity index (χ1v) is 8.55. The molecule has 1 atom stereocenters. The molecule has 0 aromatic heterocycles. The highest BCUT2D eigenvalue weighted by Crippen LogP contribution is 2.22. The van der Waals surface area contributed by atoms with Gasteiger partial charge in [0.25, 0.3) is 0 Å². The van der Waals surface area contributed by atoms with Gasteiger partial charge in [-0.25, -0.2) is 17.5 Å². The van der Waals surface area contributed by atoms with Gasteiger partial charge in [0.05, 0.1) is 6.26 Å². The van der Waals surface area contributed by atoms with E-state index in [-0.39, 0.29) is 6.04 Å². The second-order valence-electron chi connectivity index (χ2n) is 5.25. The average Bonchev–Trinajstić information content (AvgIpc) is 2.77. The Balaban J connectivity index is 1.93. The standard InChI is InChI=1S/C13H17F3N2O3S/c1-22(19,20)17-10-4-5-18(8-10)7-9-2-3-12(11(14)6-9)21-13(15)16/h2-3,6,10,13,17H,4-5,7-8H2,1H3. The number of benzene rings is 1. The van der Waals surface area contributed by atoms with Crippen LogP contribution in [-0.4, -0.2) is 45.3 Å². The monoisotopic (exact) mass is 338 g/mol. The Bertz CT molecular complexity index is 625. The molecule has 1 saturated heterocycles. The fraction of sp³-hybridized carbons (Fsp3) is 0.538. The summed E-state index contributed by atoms with van der Waals surface area (Å²) in [5, 5.41) is 0. The van der Waals surface area contributed by atoms with Crippen molar-refractivity contribution in [1.82, 2.24) is 9.62 Å². The molecule has 1 aromatic rings. The van der Waals surface area contributed by atoms with Crippen LogP contribution in [0.1, 0.15) is 12.0 Å². The van der Waals surface area contributed by atoms with Crippen LogP contribution in [0.5, 0.6) is 5.75 Å². The van der Waals surface area contributed by atoms with Crippen molar-refractivity contribution in [3.63, 3.8) is 0 Å². The SMILES string of the molecule is CS(=O)(=O)NC1CCN(Cc2ccc(OC(F)F)c(F)c2)C1. The van der Waals surface area contributed by atoms with E-state index in [0.29, 0.717) is 31.6 Å². The van der Waals surface area contributed by atoms with E-state index in [1.165, 1.54) is 12.1 Å². The maximum Gasteiger partial charge on any atom is 0.387 e. The fourth-order valence-electron chi connectivity index (χ4n) is 2.47. The zero-order chi connectivity index (χ0) is 16.3. The van der Waals surface area contributed by atoms with E-state index >= 15 is 0 Å². The number of hydrogen-bond donors (Lipinski definition) is 1. The van der Waals surface area contributed by atoms with Crippen LogP contribution in [0, 0.1) is 5.82 Å². The van der Waals surface area contributed by atoms with Gasteiger partial charge < -0.3 is 4.74 Å². The Kier molecular flexibility index (Phi) is 5.30.